The molecular weight excluding hydrogens is 266 g/mol. The summed E-state index contributed by atoms with van der Waals surface area (Å²) >= 11 is 0. The van der Waals surface area contributed by atoms with Crippen molar-refractivity contribution in [3.05, 3.63) is 77.5 Å². The molecule has 1 amide bonds. The van der Waals surface area contributed by atoms with Gasteiger partial charge in [0.05, 0.1) is 11.7 Å². The van der Waals surface area contributed by atoms with Crippen molar-refractivity contribution in [1.29, 1.82) is 0 Å². The minimum Gasteiger partial charge on any atom is -0.543 e. The zero-order valence-corrected chi connectivity index (χ0v) is 11.5. The van der Waals surface area contributed by atoms with E-state index >= 15 is 0 Å². The van der Waals surface area contributed by atoms with Crippen LogP contribution in [0.5, 0.6) is 0 Å². The zero-order valence-electron chi connectivity index (χ0n) is 11.5. The third kappa shape index (κ3) is 3.57. The summed E-state index contributed by atoms with van der Waals surface area (Å²) < 4.78 is 0. The molecule has 0 aliphatic heterocycles. The van der Waals surface area contributed by atoms with Gasteiger partial charge in [0.15, 0.2) is 0 Å². The number of hydrogen-bond acceptors (Lipinski definition) is 3. The third-order valence-electron chi connectivity index (χ3n) is 3.06. The molecule has 0 spiro atoms. The van der Waals surface area contributed by atoms with Gasteiger partial charge in [-0.1, -0.05) is 48.5 Å². The number of benzene rings is 2. The monoisotopic (exact) mass is 280 g/mol. The first-order valence-corrected chi connectivity index (χ1v) is 6.43. The first-order chi connectivity index (χ1) is 10.1. The van der Waals surface area contributed by atoms with Gasteiger partial charge < -0.3 is 15.2 Å². The average molecular weight is 280 g/mol. The number of amides is 1. The van der Waals surface area contributed by atoms with Crippen LogP contribution in [0.25, 0.3) is 5.57 Å². The molecule has 0 fully saturated rings. The second kappa shape index (κ2) is 6.52. The fourth-order valence-electron chi connectivity index (χ4n) is 1.91. The maximum absolute atomic E-state index is 12.1. The molecule has 0 unspecified atom stereocenters. The summed E-state index contributed by atoms with van der Waals surface area (Å²) in [5.74, 6) is -1.90. The van der Waals surface area contributed by atoms with E-state index in [2.05, 4.69) is 5.32 Å². The summed E-state index contributed by atoms with van der Waals surface area (Å²) in [6.45, 7) is 1.63. The quantitative estimate of drug-likeness (QED) is 0.865. The fourth-order valence-corrected chi connectivity index (χ4v) is 1.91. The lowest BCUT2D eigenvalue weighted by Crippen LogP contribution is -2.36. The molecule has 0 heterocycles. The first kappa shape index (κ1) is 14.5. The Kier molecular flexibility index (Phi) is 4.51. The van der Waals surface area contributed by atoms with E-state index in [9.17, 15) is 14.7 Å². The number of rotatable bonds is 4. The van der Waals surface area contributed by atoms with Gasteiger partial charge in [0.25, 0.3) is 5.91 Å². The molecule has 0 aliphatic carbocycles. The first-order valence-electron chi connectivity index (χ1n) is 6.43. The minimum atomic E-state index is -1.42. The molecule has 0 aliphatic rings. The molecule has 4 nitrogen and oxygen atoms in total. The Labute approximate surface area is 122 Å². The highest BCUT2D eigenvalue weighted by atomic mass is 16.4. The second-order valence-electron chi connectivity index (χ2n) is 4.47. The van der Waals surface area contributed by atoms with E-state index in [0.717, 1.165) is 0 Å². The molecule has 2 aromatic rings. The van der Waals surface area contributed by atoms with E-state index in [1.165, 1.54) is 0 Å². The lowest BCUT2D eigenvalue weighted by molar-refractivity contribution is -0.299. The second-order valence-corrected chi connectivity index (χ2v) is 4.47. The lowest BCUT2D eigenvalue weighted by Gasteiger charge is -2.15. The third-order valence-corrected chi connectivity index (χ3v) is 3.06. The lowest BCUT2D eigenvalue weighted by atomic mass is 10.1. The van der Waals surface area contributed by atoms with Crippen LogP contribution in [-0.2, 0) is 4.79 Å². The molecule has 2 rings (SSSR count). The van der Waals surface area contributed by atoms with E-state index in [-0.39, 0.29) is 5.70 Å². The highest BCUT2D eigenvalue weighted by Gasteiger charge is 2.11. The average Bonchev–Trinajstić information content (AvgIpc) is 2.53. The van der Waals surface area contributed by atoms with Crippen molar-refractivity contribution < 1.29 is 14.7 Å². The maximum Gasteiger partial charge on any atom is 0.255 e. The predicted octanol–water partition coefficient (Wildman–Crippen LogP) is 1.60. The van der Waals surface area contributed by atoms with Crippen LogP contribution in [0.15, 0.2) is 66.4 Å². The van der Waals surface area contributed by atoms with Crippen molar-refractivity contribution in [3.8, 4) is 0 Å². The Balaban J connectivity index is 2.33. The van der Waals surface area contributed by atoms with E-state index in [4.69, 9.17) is 0 Å². The number of nitrogens with one attached hydrogen (secondary N) is 1. The van der Waals surface area contributed by atoms with Gasteiger partial charge in [0, 0.05) is 5.56 Å². The molecule has 0 bridgehead atoms. The summed E-state index contributed by atoms with van der Waals surface area (Å²) in [4.78, 5) is 23.4. The molecule has 0 saturated heterocycles. The van der Waals surface area contributed by atoms with Crippen molar-refractivity contribution in [1.82, 2.24) is 5.32 Å². The molecule has 1 N–H and O–H groups in total. The molecule has 0 aromatic heterocycles. The Morgan fingerprint density at radius 2 is 1.33 bits per heavy atom. The number of aliphatic carboxylic acids is 1. The van der Waals surface area contributed by atoms with Crippen LogP contribution in [0.1, 0.15) is 22.8 Å². The summed E-state index contributed by atoms with van der Waals surface area (Å²) in [5.41, 5.74) is 1.32. The van der Waals surface area contributed by atoms with Crippen LogP contribution in [0.4, 0.5) is 0 Å². The number of allylic oxidation sites excluding steroid dienone is 1. The molecule has 0 radical (unpaired) electrons. The van der Waals surface area contributed by atoms with Crippen LogP contribution in [0.3, 0.4) is 0 Å². The molecule has 0 saturated carbocycles. The van der Waals surface area contributed by atoms with E-state index < -0.39 is 11.9 Å². The van der Waals surface area contributed by atoms with Gasteiger partial charge >= 0.3 is 0 Å². The summed E-state index contributed by atoms with van der Waals surface area (Å²) in [6.07, 6.45) is 0. The van der Waals surface area contributed by atoms with Crippen molar-refractivity contribution in [2.24, 2.45) is 0 Å². The highest BCUT2D eigenvalue weighted by Crippen LogP contribution is 2.16. The van der Waals surface area contributed by atoms with Gasteiger partial charge in [-0.2, -0.15) is 0 Å². The summed E-state index contributed by atoms with van der Waals surface area (Å²) in [5, 5.41) is 13.7. The SMILES string of the molecule is C/C(=C(\NC(=O)c1ccccc1)C(=O)[O-])c1ccccc1. The molecular formula is C17H14NO3-. The topological polar surface area (TPSA) is 69.2 Å². The number of carbonyl (C=O) groups is 2. The largest absolute Gasteiger partial charge is 0.543 e. The number of hydrogen-bond donors (Lipinski definition) is 1. The smallest absolute Gasteiger partial charge is 0.255 e. The van der Waals surface area contributed by atoms with Crippen LogP contribution >= 0.6 is 0 Å². The van der Waals surface area contributed by atoms with Crippen LogP contribution in [0, 0.1) is 0 Å². The Morgan fingerprint density at radius 1 is 0.857 bits per heavy atom. The maximum atomic E-state index is 12.1. The molecule has 4 heteroatoms. The zero-order chi connectivity index (χ0) is 15.2. The normalized spacial score (nSPS) is 11.5. The number of carbonyl (C=O) groups excluding carboxylic acids is 2. The summed E-state index contributed by atoms with van der Waals surface area (Å²) in [7, 11) is 0. The van der Waals surface area contributed by atoms with Crippen LogP contribution in [-0.4, -0.2) is 11.9 Å². The van der Waals surface area contributed by atoms with Gasteiger partial charge in [-0.3, -0.25) is 4.79 Å². The van der Waals surface area contributed by atoms with Crippen molar-refractivity contribution >= 4 is 17.4 Å². The van der Waals surface area contributed by atoms with Crippen molar-refractivity contribution in [2.45, 2.75) is 6.92 Å². The van der Waals surface area contributed by atoms with E-state index in [0.29, 0.717) is 16.7 Å². The Morgan fingerprint density at radius 3 is 1.81 bits per heavy atom. The van der Waals surface area contributed by atoms with Crippen LogP contribution in [0.2, 0.25) is 0 Å². The Hall–Kier alpha value is -2.88. The molecule has 21 heavy (non-hydrogen) atoms. The predicted molar refractivity (Wildman–Crippen MR) is 78.0 cm³/mol. The Bertz CT molecular complexity index is 676. The van der Waals surface area contributed by atoms with Gasteiger partial charge in [-0.05, 0) is 30.2 Å². The minimum absolute atomic E-state index is 0.227. The van der Waals surface area contributed by atoms with Gasteiger partial charge in [0.2, 0.25) is 0 Å². The van der Waals surface area contributed by atoms with Crippen LogP contribution < -0.4 is 10.4 Å². The molecule has 106 valence electrons. The molecule has 0 atom stereocenters. The highest BCUT2D eigenvalue weighted by molar-refractivity contribution is 6.03. The van der Waals surface area contributed by atoms with Gasteiger partial charge in [-0.25, -0.2) is 0 Å². The number of carboxylic acid groups (broad SMARTS) is 1. The van der Waals surface area contributed by atoms with Crippen molar-refractivity contribution in [2.75, 3.05) is 0 Å². The fraction of sp³-hybridized carbons (Fsp3) is 0.0588. The van der Waals surface area contributed by atoms with Gasteiger partial charge in [-0.15, -0.1) is 0 Å². The number of carboxylic acids is 1. The standard InChI is InChI=1S/C17H15NO3/c1-12(13-8-4-2-5-9-13)15(17(20)21)18-16(19)14-10-6-3-7-11-14/h2-11H,1H3,(H,18,19)(H,20,21)/p-1/b15-12+. The van der Waals surface area contributed by atoms with Gasteiger partial charge in [0.1, 0.15) is 0 Å². The molecule has 2 aromatic carbocycles. The van der Waals surface area contributed by atoms with E-state index in [1.54, 1.807) is 61.5 Å². The van der Waals surface area contributed by atoms with Crippen molar-refractivity contribution in [3.63, 3.8) is 0 Å². The summed E-state index contributed by atoms with van der Waals surface area (Å²) in [6, 6.07) is 17.4. The van der Waals surface area contributed by atoms with E-state index in [1.807, 2.05) is 6.07 Å².